The van der Waals surface area contributed by atoms with Gasteiger partial charge in [0, 0.05) is 24.8 Å². The van der Waals surface area contributed by atoms with Crippen molar-refractivity contribution in [2.24, 2.45) is 0 Å². The van der Waals surface area contributed by atoms with Crippen molar-refractivity contribution in [2.75, 3.05) is 16.8 Å². The van der Waals surface area contributed by atoms with E-state index in [-0.39, 0.29) is 0 Å². The molecule has 2 aromatic carbocycles. The largest absolute Gasteiger partial charge is 0.352 e. The quantitative estimate of drug-likeness (QED) is 0.699. The first-order valence-corrected chi connectivity index (χ1v) is 8.62. The van der Waals surface area contributed by atoms with Crippen molar-refractivity contribution in [1.29, 1.82) is 0 Å². The third-order valence-electron chi connectivity index (χ3n) is 4.07. The highest BCUT2D eigenvalue weighted by Gasteiger charge is 2.10. The first-order chi connectivity index (χ1) is 12.1. The molecule has 1 aromatic heterocycles. The van der Waals surface area contributed by atoms with Gasteiger partial charge in [-0.15, -0.1) is 0 Å². The Morgan fingerprint density at radius 2 is 1.64 bits per heavy atom. The number of hydrogen-bond acceptors (Lipinski definition) is 4. The molecule has 0 atom stereocenters. The van der Waals surface area contributed by atoms with Gasteiger partial charge >= 0.3 is 0 Å². The zero-order chi connectivity index (χ0) is 17.6. The summed E-state index contributed by atoms with van der Waals surface area (Å²) in [7, 11) is 0. The molecule has 0 spiro atoms. The molecule has 0 fully saturated rings. The number of aryl methyl sites for hydroxylation is 2. The van der Waals surface area contributed by atoms with E-state index in [0.29, 0.717) is 0 Å². The van der Waals surface area contributed by atoms with E-state index in [9.17, 15) is 0 Å². The van der Waals surface area contributed by atoms with Gasteiger partial charge in [0.2, 0.25) is 0 Å². The Morgan fingerprint density at radius 1 is 0.920 bits per heavy atom. The summed E-state index contributed by atoms with van der Waals surface area (Å²) in [4.78, 5) is 11.4. The summed E-state index contributed by atoms with van der Waals surface area (Å²) in [5.74, 6) is 2.52. The van der Waals surface area contributed by atoms with Gasteiger partial charge in [-0.05, 0) is 38.5 Å². The average Bonchev–Trinajstić information content (AvgIpc) is 2.62. The van der Waals surface area contributed by atoms with E-state index >= 15 is 0 Å². The lowest BCUT2D eigenvalue weighted by Crippen LogP contribution is -2.23. The molecule has 0 radical (unpaired) electrons. The highest BCUT2D eigenvalue weighted by atomic mass is 15.2. The topological polar surface area (TPSA) is 41.0 Å². The van der Waals surface area contributed by atoms with Gasteiger partial charge < -0.3 is 10.2 Å². The first-order valence-electron chi connectivity index (χ1n) is 8.62. The van der Waals surface area contributed by atoms with Crippen molar-refractivity contribution in [3.05, 3.63) is 77.6 Å². The second kappa shape index (κ2) is 7.79. The van der Waals surface area contributed by atoms with Crippen LogP contribution in [0.2, 0.25) is 0 Å². The molecule has 0 amide bonds. The van der Waals surface area contributed by atoms with Crippen molar-refractivity contribution in [3.63, 3.8) is 0 Å². The summed E-state index contributed by atoms with van der Waals surface area (Å²) in [6.45, 7) is 7.88. The van der Waals surface area contributed by atoms with Gasteiger partial charge in [0.25, 0.3) is 0 Å². The zero-order valence-electron chi connectivity index (χ0n) is 15.0. The molecule has 0 unspecified atom stereocenters. The molecule has 0 aliphatic heterocycles. The van der Waals surface area contributed by atoms with Crippen LogP contribution in [0.4, 0.5) is 17.3 Å². The summed E-state index contributed by atoms with van der Waals surface area (Å²) in [6, 6.07) is 20.8. The molecular weight excluding hydrogens is 308 g/mol. The maximum atomic E-state index is 4.63. The van der Waals surface area contributed by atoms with Crippen LogP contribution in [0.5, 0.6) is 0 Å². The zero-order valence-corrected chi connectivity index (χ0v) is 15.0. The number of nitrogens with zero attached hydrogens (tertiary/aromatic N) is 3. The van der Waals surface area contributed by atoms with Gasteiger partial charge in [-0.2, -0.15) is 0 Å². The Labute approximate surface area is 149 Å². The molecule has 3 rings (SSSR count). The Bertz CT molecular complexity index is 813. The molecule has 25 heavy (non-hydrogen) atoms. The van der Waals surface area contributed by atoms with Gasteiger partial charge in [-0.25, -0.2) is 9.97 Å². The summed E-state index contributed by atoms with van der Waals surface area (Å²) < 4.78 is 0. The van der Waals surface area contributed by atoms with Crippen molar-refractivity contribution in [1.82, 2.24) is 9.97 Å². The molecule has 0 aliphatic carbocycles. The number of aromatic nitrogens is 2. The summed E-state index contributed by atoms with van der Waals surface area (Å²) in [6.07, 6.45) is 0. The third kappa shape index (κ3) is 4.57. The molecule has 4 nitrogen and oxygen atoms in total. The molecule has 0 saturated heterocycles. The van der Waals surface area contributed by atoms with Crippen LogP contribution in [0.3, 0.4) is 0 Å². The van der Waals surface area contributed by atoms with E-state index in [1.54, 1.807) is 0 Å². The predicted octanol–water partition coefficient (Wildman–Crippen LogP) is 4.86. The highest BCUT2D eigenvalue weighted by Crippen LogP contribution is 2.21. The summed E-state index contributed by atoms with van der Waals surface area (Å²) in [5.41, 5.74) is 3.54. The van der Waals surface area contributed by atoms with Gasteiger partial charge in [0.1, 0.15) is 17.5 Å². The monoisotopic (exact) mass is 332 g/mol. The van der Waals surface area contributed by atoms with E-state index in [0.717, 1.165) is 36.2 Å². The maximum absolute atomic E-state index is 4.63. The van der Waals surface area contributed by atoms with Crippen molar-refractivity contribution in [3.8, 4) is 0 Å². The lowest BCUT2D eigenvalue weighted by molar-refractivity contribution is 0.805. The maximum Gasteiger partial charge on any atom is 0.136 e. The number of rotatable bonds is 6. The van der Waals surface area contributed by atoms with Crippen LogP contribution < -0.4 is 10.2 Å². The lowest BCUT2D eigenvalue weighted by Gasteiger charge is -2.23. The fraction of sp³-hybridized carbons (Fsp3) is 0.238. The van der Waals surface area contributed by atoms with Gasteiger partial charge in [-0.3, -0.25) is 0 Å². The Hall–Kier alpha value is -2.88. The van der Waals surface area contributed by atoms with Crippen LogP contribution in [0.1, 0.15) is 23.9 Å². The van der Waals surface area contributed by atoms with Gasteiger partial charge in [-0.1, -0.05) is 48.0 Å². The Kier molecular flexibility index (Phi) is 5.29. The van der Waals surface area contributed by atoms with Crippen molar-refractivity contribution < 1.29 is 0 Å². The molecule has 3 aromatic rings. The minimum atomic E-state index is 0.763. The van der Waals surface area contributed by atoms with E-state index in [4.69, 9.17) is 0 Å². The van der Waals surface area contributed by atoms with Gasteiger partial charge in [0.15, 0.2) is 0 Å². The Morgan fingerprint density at radius 3 is 2.32 bits per heavy atom. The standard InChI is InChI=1S/C21H24N4/c1-4-25(15-18-8-6-5-7-9-18)21-14-20(22-17(3)23-21)24-19-12-10-16(2)11-13-19/h5-14H,4,15H2,1-3H3,(H,22,23,24). The summed E-state index contributed by atoms with van der Waals surface area (Å²) in [5, 5.41) is 3.38. The van der Waals surface area contributed by atoms with Crippen LogP contribution >= 0.6 is 0 Å². The van der Waals surface area contributed by atoms with Crippen LogP contribution in [0.25, 0.3) is 0 Å². The minimum absolute atomic E-state index is 0.763. The van der Waals surface area contributed by atoms with E-state index < -0.39 is 0 Å². The van der Waals surface area contributed by atoms with Crippen LogP contribution in [0, 0.1) is 13.8 Å². The van der Waals surface area contributed by atoms with Crippen LogP contribution in [0.15, 0.2) is 60.7 Å². The minimum Gasteiger partial charge on any atom is -0.352 e. The third-order valence-corrected chi connectivity index (χ3v) is 4.07. The smallest absolute Gasteiger partial charge is 0.136 e. The van der Waals surface area contributed by atoms with E-state index in [1.807, 2.05) is 19.1 Å². The fourth-order valence-electron chi connectivity index (χ4n) is 2.72. The number of hydrogen-bond donors (Lipinski definition) is 1. The number of nitrogens with one attached hydrogen (secondary N) is 1. The molecule has 4 heteroatoms. The molecule has 0 bridgehead atoms. The molecule has 128 valence electrons. The van der Waals surface area contributed by atoms with E-state index in [1.165, 1.54) is 11.1 Å². The SMILES string of the molecule is CCN(Cc1ccccc1)c1cc(Nc2ccc(C)cc2)nc(C)n1. The second-order valence-corrected chi connectivity index (χ2v) is 6.15. The molecule has 0 saturated carbocycles. The predicted molar refractivity (Wildman–Crippen MR) is 104 cm³/mol. The second-order valence-electron chi connectivity index (χ2n) is 6.15. The number of anilines is 3. The molecular formula is C21H24N4. The van der Waals surface area contributed by atoms with Crippen LogP contribution in [-0.4, -0.2) is 16.5 Å². The van der Waals surface area contributed by atoms with Crippen LogP contribution in [-0.2, 0) is 6.54 Å². The Balaban J connectivity index is 1.83. The first kappa shape index (κ1) is 17.0. The number of benzene rings is 2. The normalized spacial score (nSPS) is 10.5. The lowest BCUT2D eigenvalue weighted by atomic mass is 10.2. The molecule has 0 aliphatic rings. The van der Waals surface area contributed by atoms with Gasteiger partial charge in [0.05, 0.1) is 0 Å². The van der Waals surface area contributed by atoms with Crippen molar-refractivity contribution in [2.45, 2.75) is 27.3 Å². The van der Waals surface area contributed by atoms with Crippen molar-refractivity contribution >= 4 is 17.3 Å². The average molecular weight is 332 g/mol. The van der Waals surface area contributed by atoms with E-state index in [2.05, 4.69) is 82.6 Å². The molecule has 1 heterocycles. The highest BCUT2D eigenvalue weighted by molar-refractivity contribution is 5.60. The summed E-state index contributed by atoms with van der Waals surface area (Å²) >= 11 is 0. The molecule has 1 N–H and O–H groups in total. The fourth-order valence-corrected chi connectivity index (χ4v) is 2.72.